The van der Waals surface area contributed by atoms with Crippen molar-refractivity contribution in [3.05, 3.63) is 76.0 Å². The Morgan fingerprint density at radius 3 is 2.28 bits per heavy atom. The van der Waals surface area contributed by atoms with Gasteiger partial charge in [0.25, 0.3) is 11.8 Å². The number of hydrogen-bond donors (Lipinski definition) is 0. The van der Waals surface area contributed by atoms with Gasteiger partial charge in [0, 0.05) is 37.1 Å². The Morgan fingerprint density at radius 1 is 0.966 bits per heavy atom. The molecule has 4 rings (SSSR count). The molecular weight excluding hydrogens is 413 g/mol. The molecule has 0 spiro atoms. The van der Waals surface area contributed by atoms with Gasteiger partial charge in [-0.1, -0.05) is 41.9 Å². The molecular formula is C21H17ClFN3O2S. The lowest BCUT2D eigenvalue weighted by Crippen LogP contribution is -2.50. The van der Waals surface area contributed by atoms with Crippen molar-refractivity contribution in [2.75, 3.05) is 26.2 Å². The summed E-state index contributed by atoms with van der Waals surface area (Å²) < 4.78 is 13.2. The minimum Gasteiger partial charge on any atom is -0.335 e. The van der Waals surface area contributed by atoms with Crippen molar-refractivity contribution < 1.29 is 14.0 Å². The number of carbonyl (C=O) groups is 2. The van der Waals surface area contributed by atoms with E-state index < -0.39 is 5.82 Å². The standard InChI is InChI=1S/C21H17ClFN3O2S/c22-17-12-15(23)6-7-16(17)20(27)25-8-10-26(11-9-25)21(28)18-13-29-19(24-18)14-4-2-1-3-5-14/h1-7,12-13H,8-11H2. The Kier molecular flexibility index (Phi) is 5.60. The van der Waals surface area contributed by atoms with Crippen LogP contribution in [0.2, 0.25) is 5.02 Å². The van der Waals surface area contributed by atoms with Crippen molar-refractivity contribution in [1.29, 1.82) is 0 Å². The van der Waals surface area contributed by atoms with Gasteiger partial charge in [-0.15, -0.1) is 11.3 Å². The monoisotopic (exact) mass is 429 g/mol. The maximum absolute atomic E-state index is 13.2. The van der Waals surface area contributed by atoms with E-state index in [-0.39, 0.29) is 22.4 Å². The number of hydrogen-bond acceptors (Lipinski definition) is 4. The summed E-state index contributed by atoms with van der Waals surface area (Å²) >= 11 is 7.43. The van der Waals surface area contributed by atoms with Gasteiger partial charge < -0.3 is 9.80 Å². The molecule has 1 fully saturated rings. The van der Waals surface area contributed by atoms with E-state index in [1.165, 1.54) is 23.5 Å². The summed E-state index contributed by atoms with van der Waals surface area (Å²) in [6, 6.07) is 13.4. The van der Waals surface area contributed by atoms with Gasteiger partial charge in [0.05, 0.1) is 10.6 Å². The number of piperazine rings is 1. The minimum absolute atomic E-state index is 0.0874. The van der Waals surface area contributed by atoms with Crippen LogP contribution in [0.15, 0.2) is 53.9 Å². The van der Waals surface area contributed by atoms with Crippen LogP contribution < -0.4 is 0 Å². The van der Waals surface area contributed by atoms with Gasteiger partial charge in [-0.3, -0.25) is 9.59 Å². The van der Waals surface area contributed by atoms with E-state index in [4.69, 9.17) is 11.6 Å². The second-order valence-electron chi connectivity index (χ2n) is 6.61. The molecule has 0 unspecified atom stereocenters. The highest BCUT2D eigenvalue weighted by atomic mass is 35.5. The Labute approximate surface area is 176 Å². The number of benzene rings is 2. The molecule has 3 aromatic rings. The maximum Gasteiger partial charge on any atom is 0.273 e. The second-order valence-corrected chi connectivity index (χ2v) is 7.88. The fourth-order valence-electron chi connectivity index (χ4n) is 3.19. The Balaban J connectivity index is 1.40. The summed E-state index contributed by atoms with van der Waals surface area (Å²) in [5.41, 5.74) is 1.65. The summed E-state index contributed by atoms with van der Waals surface area (Å²) in [5, 5.41) is 2.65. The summed E-state index contributed by atoms with van der Waals surface area (Å²) in [7, 11) is 0. The average Bonchev–Trinajstić information content (AvgIpc) is 3.24. The zero-order valence-corrected chi connectivity index (χ0v) is 16.9. The highest BCUT2D eigenvalue weighted by molar-refractivity contribution is 7.13. The van der Waals surface area contributed by atoms with E-state index >= 15 is 0 Å². The SMILES string of the molecule is O=C(c1csc(-c2ccccc2)n1)N1CCN(C(=O)c2ccc(F)cc2Cl)CC1. The van der Waals surface area contributed by atoms with Gasteiger partial charge in [0.2, 0.25) is 0 Å². The van der Waals surface area contributed by atoms with Crippen LogP contribution in [0.25, 0.3) is 10.6 Å². The largest absolute Gasteiger partial charge is 0.335 e. The topological polar surface area (TPSA) is 53.5 Å². The molecule has 2 heterocycles. The van der Waals surface area contributed by atoms with Crippen LogP contribution in [0.1, 0.15) is 20.8 Å². The molecule has 1 saturated heterocycles. The highest BCUT2D eigenvalue weighted by Gasteiger charge is 2.27. The molecule has 0 N–H and O–H groups in total. The second kappa shape index (κ2) is 8.31. The van der Waals surface area contributed by atoms with Gasteiger partial charge >= 0.3 is 0 Å². The Hall–Kier alpha value is -2.77. The fraction of sp³-hybridized carbons (Fsp3) is 0.190. The number of amides is 2. The van der Waals surface area contributed by atoms with Gasteiger partial charge in [-0.25, -0.2) is 9.37 Å². The molecule has 1 aromatic heterocycles. The van der Waals surface area contributed by atoms with Crippen LogP contribution in [0, 0.1) is 5.82 Å². The third kappa shape index (κ3) is 4.16. The minimum atomic E-state index is -0.486. The van der Waals surface area contributed by atoms with E-state index in [0.717, 1.165) is 16.6 Å². The van der Waals surface area contributed by atoms with Crippen LogP contribution in [-0.4, -0.2) is 52.8 Å². The molecule has 2 aromatic carbocycles. The summed E-state index contributed by atoms with van der Waals surface area (Å²) in [5.74, 6) is -0.891. The summed E-state index contributed by atoms with van der Waals surface area (Å²) in [6.07, 6.45) is 0. The van der Waals surface area contributed by atoms with E-state index in [9.17, 15) is 14.0 Å². The molecule has 0 radical (unpaired) electrons. The van der Waals surface area contributed by atoms with Gasteiger partial charge in [-0.05, 0) is 18.2 Å². The normalized spacial score (nSPS) is 14.1. The molecule has 0 saturated carbocycles. The lowest BCUT2D eigenvalue weighted by Gasteiger charge is -2.34. The first-order chi connectivity index (χ1) is 14.0. The summed E-state index contributed by atoms with van der Waals surface area (Å²) in [6.45, 7) is 1.57. The number of rotatable bonds is 3. The number of thiazole rings is 1. The van der Waals surface area contributed by atoms with Gasteiger partial charge in [-0.2, -0.15) is 0 Å². The van der Waals surface area contributed by atoms with Gasteiger partial charge in [0.1, 0.15) is 16.5 Å². The molecule has 29 heavy (non-hydrogen) atoms. The predicted octanol–water partition coefficient (Wildman–Crippen LogP) is 4.20. The van der Waals surface area contributed by atoms with Crippen LogP contribution in [0.5, 0.6) is 0 Å². The lowest BCUT2D eigenvalue weighted by molar-refractivity contribution is 0.0533. The molecule has 0 aliphatic carbocycles. The van der Waals surface area contributed by atoms with Crippen LogP contribution in [0.4, 0.5) is 4.39 Å². The maximum atomic E-state index is 13.2. The smallest absolute Gasteiger partial charge is 0.273 e. The number of aromatic nitrogens is 1. The number of nitrogens with zero attached hydrogens (tertiary/aromatic N) is 3. The molecule has 0 bridgehead atoms. The fourth-order valence-corrected chi connectivity index (χ4v) is 4.24. The van der Waals surface area contributed by atoms with E-state index in [0.29, 0.717) is 31.9 Å². The van der Waals surface area contributed by atoms with Crippen LogP contribution in [0.3, 0.4) is 0 Å². The zero-order valence-electron chi connectivity index (χ0n) is 15.3. The highest BCUT2D eigenvalue weighted by Crippen LogP contribution is 2.24. The van der Waals surface area contributed by atoms with E-state index in [1.54, 1.807) is 15.2 Å². The average molecular weight is 430 g/mol. The quantitative estimate of drug-likeness (QED) is 0.627. The third-order valence-corrected chi connectivity index (χ3v) is 5.96. The van der Waals surface area contributed by atoms with Gasteiger partial charge in [0.15, 0.2) is 0 Å². The first-order valence-electron chi connectivity index (χ1n) is 9.07. The first-order valence-corrected chi connectivity index (χ1v) is 10.3. The zero-order chi connectivity index (χ0) is 20.4. The van der Waals surface area contributed by atoms with Crippen molar-refractivity contribution in [1.82, 2.24) is 14.8 Å². The van der Waals surface area contributed by atoms with E-state index in [2.05, 4.69) is 4.98 Å². The third-order valence-electron chi connectivity index (χ3n) is 4.76. The Morgan fingerprint density at radius 2 is 1.62 bits per heavy atom. The van der Waals surface area contributed by atoms with Crippen molar-refractivity contribution in [3.8, 4) is 10.6 Å². The van der Waals surface area contributed by atoms with Crippen molar-refractivity contribution in [2.45, 2.75) is 0 Å². The van der Waals surface area contributed by atoms with Crippen LogP contribution in [-0.2, 0) is 0 Å². The lowest BCUT2D eigenvalue weighted by atomic mass is 10.1. The molecule has 2 amide bonds. The summed E-state index contributed by atoms with van der Waals surface area (Å²) in [4.78, 5) is 33.2. The molecule has 1 aliphatic rings. The van der Waals surface area contributed by atoms with Crippen LogP contribution >= 0.6 is 22.9 Å². The molecule has 8 heteroatoms. The Bertz CT molecular complexity index is 1050. The molecule has 148 valence electrons. The van der Waals surface area contributed by atoms with Crippen molar-refractivity contribution >= 4 is 34.8 Å². The van der Waals surface area contributed by atoms with E-state index in [1.807, 2.05) is 30.3 Å². The molecule has 0 atom stereocenters. The van der Waals surface area contributed by atoms with Crippen molar-refractivity contribution in [2.24, 2.45) is 0 Å². The van der Waals surface area contributed by atoms with Crippen molar-refractivity contribution in [3.63, 3.8) is 0 Å². The molecule has 1 aliphatic heterocycles. The first kappa shape index (κ1) is 19.5. The number of carbonyl (C=O) groups excluding carboxylic acids is 2. The number of halogens is 2. The predicted molar refractivity (Wildman–Crippen MR) is 111 cm³/mol. The molecule has 5 nitrogen and oxygen atoms in total.